The summed E-state index contributed by atoms with van der Waals surface area (Å²) in [6, 6.07) is 0. The first-order valence-electron chi connectivity index (χ1n) is 6.05. The Labute approximate surface area is 98.9 Å². The second-order valence-electron chi connectivity index (χ2n) is 4.14. The molecule has 4 heteroatoms. The zero-order valence-electron chi connectivity index (χ0n) is 11.0. The van der Waals surface area contributed by atoms with Gasteiger partial charge in [-0.3, -0.25) is 0 Å². The summed E-state index contributed by atoms with van der Waals surface area (Å²) in [5, 5.41) is 0. The molecule has 0 N–H and O–H groups in total. The van der Waals surface area contributed by atoms with Crippen LogP contribution in [0.2, 0.25) is 0 Å². The summed E-state index contributed by atoms with van der Waals surface area (Å²) in [5.41, 5.74) is 0. The first-order valence-corrected chi connectivity index (χ1v) is 6.05. The topological polar surface area (TPSA) is 38.8 Å². The molecule has 0 aliphatic rings. The van der Waals surface area contributed by atoms with Crippen LogP contribution in [-0.2, 0) is 14.3 Å². The van der Waals surface area contributed by atoms with Crippen molar-refractivity contribution in [2.45, 2.75) is 27.7 Å². The molecule has 0 aromatic rings. The molecular weight excluding hydrogens is 206 g/mol. The Kier molecular flexibility index (Phi) is 9.24. The number of likely N-dealkylation sites (N-methyl/N-ethyl adjacent to an activating group) is 1. The minimum atomic E-state index is -0.283. The zero-order valence-corrected chi connectivity index (χ0v) is 11.0. The number of carbonyl (C=O) groups is 1. The van der Waals surface area contributed by atoms with Crippen molar-refractivity contribution in [1.82, 2.24) is 4.90 Å². The molecule has 0 radical (unpaired) electrons. The number of esters is 1. The van der Waals surface area contributed by atoms with E-state index in [0.717, 1.165) is 19.6 Å². The molecule has 0 spiro atoms. The fourth-order valence-electron chi connectivity index (χ4n) is 1.45. The highest BCUT2D eigenvalue weighted by Crippen LogP contribution is 1.97. The van der Waals surface area contributed by atoms with E-state index in [1.54, 1.807) is 6.92 Å². The van der Waals surface area contributed by atoms with Crippen LogP contribution in [0, 0.1) is 5.92 Å². The van der Waals surface area contributed by atoms with Crippen molar-refractivity contribution in [3.63, 3.8) is 0 Å². The minimum absolute atomic E-state index is 0.0626. The molecule has 0 fully saturated rings. The van der Waals surface area contributed by atoms with Gasteiger partial charge in [-0.25, -0.2) is 4.79 Å². The van der Waals surface area contributed by atoms with Gasteiger partial charge in [-0.1, -0.05) is 20.8 Å². The molecule has 0 heterocycles. The van der Waals surface area contributed by atoms with E-state index in [2.05, 4.69) is 25.7 Å². The van der Waals surface area contributed by atoms with Gasteiger partial charge in [-0.2, -0.15) is 0 Å². The van der Waals surface area contributed by atoms with Crippen LogP contribution in [0.4, 0.5) is 0 Å². The molecule has 0 saturated carbocycles. The molecule has 0 aromatic carbocycles. The van der Waals surface area contributed by atoms with E-state index in [-0.39, 0.29) is 12.6 Å². The van der Waals surface area contributed by atoms with Crippen LogP contribution >= 0.6 is 0 Å². The number of ether oxygens (including phenoxy) is 2. The number of nitrogens with zero attached hydrogens (tertiary/aromatic N) is 1. The van der Waals surface area contributed by atoms with E-state index in [1.807, 2.05) is 0 Å². The van der Waals surface area contributed by atoms with Crippen molar-refractivity contribution >= 4 is 5.97 Å². The minimum Gasteiger partial charge on any atom is -0.464 e. The summed E-state index contributed by atoms with van der Waals surface area (Å²) >= 11 is 0. The first-order chi connectivity index (χ1) is 7.60. The van der Waals surface area contributed by atoms with E-state index < -0.39 is 0 Å². The number of rotatable bonds is 9. The lowest BCUT2D eigenvalue weighted by molar-refractivity contribution is -0.148. The van der Waals surface area contributed by atoms with Crippen LogP contribution in [0.5, 0.6) is 0 Å². The average Bonchev–Trinajstić information content (AvgIpc) is 2.22. The molecular formula is C12H25NO3. The smallest absolute Gasteiger partial charge is 0.332 e. The maximum Gasteiger partial charge on any atom is 0.332 e. The Balaban J connectivity index is 3.51. The van der Waals surface area contributed by atoms with Crippen LogP contribution < -0.4 is 0 Å². The summed E-state index contributed by atoms with van der Waals surface area (Å²) in [6.45, 7) is 12.3. The number of hydrogen-bond donors (Lipinski definition) is 0. The molecule has 0 saturated heterocycles. The molecule has 4 nitrogen and oxygen atoms in total. The molecule has 0 amide bonds. The third-order valence-electron chi connectivity index (χ3n) is 2.15. The summed E-state index contributed by atoms with van der Waals surface area (Å²) in [5.74, 6) is 0.374. The summed E-state index contributed by atoms with van der Waals surface area (Å²) in [7, 11) is 0. The Morgan fingerprint density at radius 2 is 2.00 bits per heavy atom. The van der Waals surface area contributed by atoms with Gasteiger partial charge in [0.15, 0.2) is 0 Å². The Hall–Kier alpha value is -0.610. The largest absolute Gasteiger partial charge is 0.464 e. The van der Waals surface area contributed by atoms with Crippen LogP contribution in [0.15, 0.2) is 0 Å². The number of carbonyl (C=O) groups excluding carboxylic acids is 1. The van der Waals surface area contributed by atoms with Crippen LogP contribution in [0.25, 0.3) is 0 Å². The van der Waals surface area contributed by atoms with Crippen molar-refractivity contribution in [2.24, 2.45) is 5.92 Å². The van der Waals surface area contributed by atoms with Crippen molar-refractivity contribution in [1.29, 1.82) is 0 Å². The first kappa shape index (κ1) is 15.4. The highest BCUT2D eigenvalue weighted by atomic mass is 16.6. The Morgan fingerprint density at radius 1 is 1.31 bits per heavy atom. The second kappa shape index (κ2) is 9.60. The standard InChI is InChI=1S/C12H25NO3/c1-5-13(9-11(3)4)7-8-15-10-12(14)16-6-2/h11H,5-10H2,1-4H3. The lowest BCUT2D eigenvalue weighted by Gasteiger charge is -2.22. The summed E-state index contributed by atoms with van der Waals surface area (Å²) in [4.78, 5) is 13.3. The zero-order chi connectivity index (χ0) is 12.4. The van der Waals surface area contributed by atoms with Crippen molar-refractivity contribution in [3.8, 4) is 0 Å². The van der Waals surface area contributed by atoms with Crippen molar-refractivity contribution in [2.75, 3.05) is 39.5 Å². The molecule has 0 aromatic heterocycles. The van der Waals surface area contributed by atoms with Crippen molar-refractivity contribution < 1.29 is 14.3 Å². The lowest BCUT2D eigenvalue weighted by Crippen LogP contribution is -2.31. The quantitative estimate of drug-likeness (QED) is 0.446. The monoisotopic (exact) mass is 231 g/mol. The molecule has 16 heavy (non-hydrogen) atoms. The molecule has 0 aliphatic carbocycles. The molecule has 0 aliphatic heterocycles. The fourth-order valence-corrected chi connectivity index (χ4v) is 1.45. The van der Waals surface area contributed by atoms with Gasteiger partial charge in [0.1, 0.15) is 6.61 Å². The van der Waals surface area contributed by atoms with E-state index >= 15 is 0 Å². The molecule has 0 bridgehead atoms. The van der Waals surface area contributed by atoms with Gasteiger partial charge in [-0.05, 0) is 19.4 Å². The molecule has 96 valence electrons. The van der Waals surface area contributed by atoms with Crippen LogP contribution in [0.3, 0.4) is 0 Å². The van der Waals surface area contributed by atoms with Crippen LogP contribution in [-0.4, -0.2) is 50.3 Å². The van der Waals surface area contributed by atoms with Gasteiger partial charge in [0.2, 0.25) is 0 Å². The van der Waals surface area contributed by atoms with Gasteiger partial charge in [-0.15, -0.1) is 0 Å². The van der Waals surface area contributed by atoms with Gasteiger partial charge in [0.05, 0.1) is 13.2 Å². The normalized spacial score (nSPS) is 11.1. The predicted octanol–water partition coefficient (Wildman–Crippen LogP) is 1.54. The van der Waals surface area contributed by atoms with Gasteiger partial charge in [0.25, 0.3) is 0 Å². The SMILES string of the molecule is CCOC(=O)COCCN(CC)CC(C)C. The summed E-state index contributed by atoms with van der Waals surface area (Å²) < 4.78 is 10.0. The third-order valence-corrected chi connectivity index (χ3v) is 2.15. The fraction of sp³-hybridized carbons (Fsp3) is 0.917. The van der Waals surface area contributed by atoms with E-state index in [9.17, 15) is 4.79 Å². The summed E-state index contributed by atoms with van der Waals surface area (Å²) in [6.07, 6.45) is 0. The lowest BCUT2D eigenvalue weighted by atomic mass is 10.2. The predicted molar refractivity (Wildman–Crippen MR) is 64.4 cm³/mol. The molecule has 0 atom stereocenters. The van der Waals surface area contributed by atoms with E-state index in [0.29, 0.717) is 19.1 Å². The van der Waals surface area contributed by atoms with Gasteiger partial charge >= 0.3 is 5.97 Å². The van der Waals surface area contributed by atoms with E-state index in [1.165, 1.54) is 0 Å². The molecule has 0 unspecified atom stereocenters. The maximum absolute atomic E-state index is 11.0. The average molecular weight is 231 g/mol. The highest BCUT2D eigenvalue weighted by molar-refractivity contribution is 5.70. The van der Waals surface area contributed by atoms with Crippen LogP contribution in [0.1, 0.15) is 27.7 Å². The second-order valence-corrected chi connectivity index (χ2v) is 4.14. The van der Waals surface area contributed by atoms with E-state index in [4.69, 9.17) is 9.47 Å². The van der Waals surface area contributed by atoms with Gasteiger partial charge < -0.3 is 14.4 Å². The Morgan fingerprint density at radius 3 is 2.50 bits per heavy atom. The third kappa shape index (κ3) is 8.68. The van der Waals surface area contributed by atoms with Crippen molar-refractivity contribution in [3.05, 3.63) is 0 Å². The number of hydrogen-bond acceptors (Lipinski definition) is 4. The maximum atomic E-state index is 11.0. The highest BCUT2D eigenvalue weighted by Gasteiger charge is 2.06. The molecule has 0 rings (SSSR count). The Bertz CT molecular complexity index is 183. The van der Waals surface area contributed by atoms with Gasteiger partial charge in [0, 0.05) is 13.1 Å².